The summed E-state index contributed by atoms with van der Waals surface area (Å²) in [5, 5.41) is 7.19. The second-order valence-electron chi connectivity index (χ2n) is 4.24. The van der Waals surface area contributed by atoms with Gasteiger partial charge in [0.1, 0.15) is 0 Å². The Kier molecular flexibility index (Phi) is 5.07. The minimum Gasteiger partial charge on any atom is -0.347 e. The lowest BCUT2D eigenvalue weighted by Crippen LogP contribution is -2.41. The number of thiophene rings is 1. The van der Waals surface area contributed by atoms with Gasteiger partial charge >= 0.3 is 0 Å². The first-order chi connectivity index (χ1) is 7.98. The molecule has 1 saturated heterocycles. The molecule has 1 aliphatic heterocycles. The van der Waals surface area contributed by atoms with Crippen molar-refractivity contribution in [1.29, 1.82) is 0 Å². The van der Waals surface area contributed by atoms with Gasteiger partial charge in [0, 0.05) is 11.3 Å². The third-order valence-electron chi connectivity index (χ3n) is 2.76. The third-order valence-corrected chi connectivity index (χ3v) is 3.81. The Bertz CT molecular complexity index is 400. The largest absolute Gasteiger partial charge is 0.347 e. The summed E-state index contributed by atoms with van der Waals surface area (Å²) in [5.41, 5.74) is 0. The second-order valence-corrected chi connectivity index (χ2v) is 5.22. The van der Waals surface area contributed by atoms with Crippen LogP contribution in [0.1, 0.15) is 24.3 Å². The normalized spacial score (nSPS) is 23.2. The molecule has 1 aromatic heterocycles. The summed E-state index contributed by atoms with van der Waals surface area (Å²) in [6, 6.07) is 2.88. The van der Waals surface area contributed by atoms with E-state index in [1.54, 1.807) is 0 Å². The summed E-state index contributed by atoms with van der Waals surface area (Å²) in [6.07, 6.45) is -0.421. The molecule has 1 fully saturated rings. The zero-order chi connectivity index (χ0) is 12.5. The van der Waals surface area contributed by atoms with Crippen molar-refractivity contribution in [3.05, 3.63) is 22.4 Å². The van der Waals surface area contributed by atoms with Gasteiger partial charge in [-0.05, 0) is 18.4 Å². The molecule has 0 aliphatic carbocycles. The SMILES string of the molecule is CC(NC(=O)C1CC(F)(F)CN1)c1cccs1.Cl. The summed E-state index contributed by atoms with van der Waals surface area (Å²) in [6.45, 7) is 1.43. The molecule has 2 atom stereocenters. The van der Waals surface area contributed by atoms with Crippen LogP contribution in [0.15, 0.2) is 17.5 Å². The third kappa shape index (κ3) is 3.63. The number of carbonyl (C=O) groups excluding carboxylic acids is 1. The number of halogens is 3. The first kappa shape index (κ1) is 15.3. The minimum absolute atomic E-state index is 0. The zero-order valence-electron chi connectivity index (χ0n) is 9.78. The summed E-state index contributed by atoms with van der Waals surface area (Å²) < 4.78 is 25.9. The molecule has 2 heterocycles. The molecule has 102 valence electrons. The Labute approximate surface area is 114 Å². The van der Waals surface area contributed by atoms with E-state index in [0.29, 0.717) is 0 Å². The van der Waals surface area contributed by atoms with Crippen LogP contribution in [0.25, 0.3) is 0 Å². The minimum atomic E-state index is -2.77. The Morgan fingerprint density at radius 2 is 2.39 bits per heavy atom. The fourth-order valence-corrected chi connectivity index (χ4v) is 2.56. The van der Waals surface area contributed by atoms with E-state index in [9.17, 15) is 13.6 Å². The highest BCUT2D eigenvalue weighted by Crippen LogP contribution is 2.26. The number of alkyl halides is 2. The van der Waals surface area contributed by atoms with Crippen molar-refractivity contribution in [2.45, 2.75) is 31.4 Å². The first-order valence-corrected chi connectivity index (χ1v) is 6.31. The number of hydrogen-bond donors (Lipinski definition) is 2. The van der Waals surface area contributed by atoms with Gasteiger partial charge in [-0.25, -0.2) is 8.78 Å². The highest BCUT2D eigenvalue weighted by Gasteiger charge is 2.42. The highest BCUT2D eigenvalue weighted by molar-refractivity contribution is 7.10. The maximum atomic E-state index is 12.9. The van der Waals surface area contributed by atoms with E-state index < -0.39 is 24.9 Å². The van der Waals surface area contributed by atoms with Crippen molar-refractivity contribution in [2.24, 2.45) is 0 Å². The molecule has 1 aliphatic rings. The summed E-state index contributed by atoms with van der Waals surface area (Å²) >= 11 is 1.53. The molecule has 0 aromatic carbocycles. The Balaban J connectivity index is 0.00000162. The highest BCUT2D eigenvalue weighted by atomic mass is 35.5. The van der Waals surface area contributed by atoms with Gasteiger partial charge in [-0.3, -0.25) is 10.1 Å². The average Bonchev–Trinajstić information content (AvgIpc) is 2.86. The molecule has 0 saturated carbocycles. The maximum absolute atomic E-state index is 12.9. The molecular weight excluding hydrogens is 282 g/mol. The van der Waals surface area contributed by atoms with Crippen molar-refractivity contribution in [2.75, 3.05) is 6.54 Å². The topological polar surface area (TPSA) is 41.1 Å². The maximum Gasteiger partial charge on any atom is 0.262 e. The lowest BCUT2D eigenvalue weighted by Gasteiger charge is -2.16. The lowest BCUT2D eigenvalue weighted by atomic mass is 10.1. The van der Waals surface area contributed by atoms with Crippen molar-refractivity contribution >= 4 is 29.7 Å². The fourth-order valence-electron chi connectivity index (χ4n) is 1.82. The van der Waals surface area contributed by atoms with Crippen LogP contribution < -0.4 is 10.6 Å². The van der Waals surface area contributed by atoms with Crippen LogP contribution in [0.5, 0.6) is 0 Å². The fraction of sp³-hybridized carbons (Fsp3) is 0.545. The van der Waals surface area contributed by atoms with Crippen LogP contribution >= 0.6 is 23.7 Å². The van der Waals surface area contributed by atoms with E-state index in [1.807, 2.05) is 24.4 Å². The Morgan fingerprint density at radius 1 is 1.67 bits per heavy atom. The van der Waals surface area contributed by atoms with Crippen molar-refractivity contribution < 1.29 is 13.6 Å². The number of nitrogens with one attached hydrogen (secondary N) is 2. The van der Waals surface area contributed by atoms with Gasteiger partial charge in [0.2, 0.25) is 5.91 Å². The number of carbonyl (C=O) groups is 1. The molecule has 7 heteroatoms. The standard InChI is InChI=1S/C11H14F2N2OS.ClH/c1-7(9-3-2-4-17-9)15-10(16)8-5-11(12,13)6-14-8;/h2-4,7-8,14H,5-6H2,1H3,(H,15,16);1H. The molecule has 2 rings (SSSR count). The lowest BCUT2D eigenvalue weighted by molar-refractivity contribution is -0.124. The van der Waals surface area contributed by atoms with Gasteiger partial charge in [-0.1, -0.05) is 6.07 Å². The Hall–Kier alpha value is -0.720. The van der Waals surface area contributed by atoms with Gasteiger partial charge < -0.3 is 5.32 Å². The van der Waals surface area contributed by atoms with E-state index in [-0.39, 0.29) is 24.4 Å². The average molecular weight is 297 g/mol. The molecule has 18 heavy (non-hydrogen) atoms. The smallest absolute Gasteiger partial charge is 0.262 e. The second kappa shape index (κ2) is 5.95. The molecule has 0 radical (unpaired) electrons. The van der Waals surface area contributed by atoms with Crippen molar-refractivity contribution in [3.8, 4) is 0 Å². The van der Waals surface area contributed by atoms with Gasteiger partial charge in [0.05, 0.1) is 18.6 Å². The van der Waals surface area contributed by atoms with Crippen LogP contribution in [-0.4, -0.2) is 24.4 Å². The van der Waals surface area contributed by atoms with E-state index >= 15 is 0 Å². The van der Waals surface area contributed by atoms with Crippen molar-refractivity contribution in [3.63, 3.8) is 0 Å². The van der Waals surface area contributed by atoms with Crippen LogP contribution in [-0.2, 0) is 4.79 Å². The van der Waals surface area contributed by atoms with E-state index in [2.05, 4.69) is 10.6 Å². The summed E-state index contributed by atoms with van der Waals surface area (Å²) in [4.78, 5) is 12.8. The van der Waals surface area contributed by atoms with E-state index in [0.717, 1.165) is 4.88 Å². The van der Waals surface area contributed by atoms with Crippen LogP contribution in [0.2, 0.25) is 0 Å². The Morgan fingerprint density at radius 3 is 2.89 bits per heavy atom. The summed E-state index contributed by atoms with van der Waals surface area (Å²) in [5.74, 6) is -3.13. The molecule has 2 N–H and O–H groups in total. The van der Waals surface area contributed by atoms with Gasteiger partial charge in [-0.2, -0.15) is 0 Å². The predicted molar refractivity (Wildman–Crippen MR) is 69.5 cm³/mol. The number of hydrogen-bond acceptors (Lipinski definition) is 3. The summed E-state index contributed by atoms with van der Waals surface area (Å²) in [7, 11) is 0. The number of rotatable bonds is 3. The predicted octanol–water partition coefficient (Wildman–Crippen LogP) is 2.34. The molecule has 0 spiro atoms. The molecule has 0 bridgehead atoms. The molecule has 3 nitrogen and oxygen atoms in total. The first-order valence-electron chi connectivity index (χ1n) is 5.43. The van der Waals surface area contributed by atoms with Crippen molar-refractivity contribution in [1.82, 2.24) is 10.6 Å². The van der Waals surface area contributed by atoms with Crippen LogP contribution in [0, 0.1) is 0 Å². The van der Waals surface area contributed by atoms with Gasteiger partial charge in [-0.15, -0.1) is 23.7 Å². The molecule has 1 aromatic rings. The molecule has 1 amide bonds. The number of amides is 1. The van der Waals surface area contributed by atoms with E-state index in [4.69, 9.17) is 0 Å². The zero-order valence-corrected chi connectivity index (χ0v) is 11.4. The monoisotopic (exact) mass is 296 g/mol. The molecule has 2 unspecified atom stereocenters. The van der Waals surface area contributed by atoms with Gasteiger partial charge in [0.15, 0.2) is 0 Å². The van der Waals surface area contributed by atoms with Crippen LogP contribution in [0.3, 0.4) is 0 Å². The van der Waals surface area contributed by atoms with E-state index in [1.165, 1.54) is 11.3 Å². The van der Waals surface area contributed by atoms with Gasteiger partial charge in [0.25, 0.3) is 5.92 Å². The van der Waals surface area contributed by atoms with Crippen LogP contribution in [0.4, 0.5) is 8.78 Å². The molecular formula is C11H15ClF2N2OS. The quantitative estimate of drug-likeness (QED) is 0.899.